The Labute approximate surface area is 61.9 Å². The van der Waals surface area contributed by atoms with E-state index in [-0.39, 0.29) is 0 Å². The van der Waals surface area contributed by atoms with Crippen molar-refractivity contribution in [3.8, 4) is 0 Å². The molecular weight excluding hydrogens is 126 g/mol. The summed E-state index contributed by atoms with van der Waals surface area (Å²) in [6.07, 6.45) is 5.25. The molecule has 0 aliphatic carbocycles. The zero-order valence-electron chi connectivity index (χ0n) is 6.31. The van der Waals surface area contributed by atoms with Crippen molar-refractivity contribution in [1.29, 1.82) is 0 Å². The van der Waals surface area contributed by atoms with Gasteiger partial charge in [0.1, 0.15) is 0 Å². The Morgan fingerprint density at radius 2 is 2.00 bits per heavy atom. The summed E-state index contributed by atoms with van der Waals surface area (Å²) in [4.78, 5) is 0. The second-order valence-corrected chi connectivity index (χ2v) is 3.36. The zero-order chi connectivity index (χ0) is 6.81. The molecule has 10 heavy (non-hydrogen) atoms. The summed E-state index contributed by atoms with van der Waals surface area (Å²) in [6.45, 7) is 1.92. The van der Waals surface area contributed by atoms with Crippen LogP contribution in [-0.4, -0.2) is 25.3 Å². The van der Waals surface area contributed by atoms with Crippen molar-refractivity contribution in [2.24, 2.45) is 0 Å². The molecule has 2 atom stereocenters. The highest BCUT2D eigenvalue weighted by Gasteiger charge is 2.24. The molecule has 0 radical (unpaired) electrons. The van der Waals surface area contributed by atoms with Crippen LogP contribution >= 0.6 is 0 Å². The summed E-state index contributed by atoms with van der Waals surface area (Å²) >= 11 is 0. The number of fused-ring (bicyclic) bond motifs is 2. The van der Waals surface area contributed by atoms with E-state index < -0.39 is 0 Å². The van der Waals surface area contributed by atoms with Crippen LogP contribution in [0.5, 0.6) is 0 Å². The van der Waals surface area contributed by atoms with Crippen LogP contribution < -0.4 is 5.32 Å². The second-order valence-electron chi connectivity index (χ2n) is 3.36. The predicted octanol–water partition coefficient (Wildman–Crippen LogP) is 0.917. The van der Waals surface area contributed by atoms with E-state index >= 15 is 0 Å². The molecule has 2 fully saturated rings. The quantitative estimate of drug-likeness (QED) is 0.541. The van der Waals surface area contributed by atoms with Crippen LogP contribution in [0.25, 0.3) is 0 Å². The zero-order valence-corrected chi connectivity index (χ0v) is 6.31. The Bertz CT molecular complexity index is 104. The van der Waals surface area contributed by atoms with E-state index in [1.165, 1.54) is 25.7 Å². The summed E-state index contributed by atoms with van der Waals surface area (Å²) in [5.41, 5.74) is 0. The topological polar surface area (TPSA) is 21.3 Å². The molecule has 0 aromatic rings. The Morgan fingerprint density at radius 1 is 1.10 bits per heavy atom. The third kappa shape index (κ3) is 1.32. The minimum absolute atomic E-state index is 0.672. The normalized spacial score (nSPS) is 40.8. The second kappa shape index (κ2) is 2.89. The minimum atomic E-state index is 0.672. The number of rotatable bonds is 0. The van der Waals surface area contributed by atoms with Gasteiger partial charge in [0, 0.05) is 18.7 Å². The van der Waals surface area contributed by atoms with Gasteiger partial charge in [0.05, 0.1) is 6.61 Å². The Morgan fingerprint density at radius 3 is 3.00 bits per heavy atom. The Balaban J connectivity index is 1.91. The molecule has 2 aliphatic rings. The third-order valence-electron chi connectivity index (χ3n) is 2.50. The molecule has 1 N–H and O–H groups in total. The Hall–Kier alpha value is -0.0800. The third-order valence-corrected chi connectivity index (χ3v) is 2.50. The lowest BCUT2D eigenvalue weighted by molar-refractivity contribution is 0.101. The average Bonchev–Trinajstić information content (AvgIpc) is 2.30. The fraction of sp³-hybridized carbons (Fsp3) is 1.00. The smallest absolute Gasteiger partial charge is 0.0619 e. The lowest BCUT2D eigenvalue weighted by atomic mass is 10.1. The van der Waals surface area contributed by atoms with E-state index in [0.717, 1.165) is 19.3 Å². The van der Waals surface area contributed by atoms with Gasteiger partial charge in [-0.3, -0.25) is 0 Å². The van der Waals surface area contributed by atoms with E-state index in [9.17, 15) is 0 Å². The first-order chi connectivity index (χ1) is 4.95. The lowest BCUT2D eigenvalue weighted by Gasteiger charge is -2.17. The largest absolute Gasteiger partial charge is 0.380 e. The number of ether oxygens (including phenoxy) is 1. The van der Waals surface area contributed by atoms with Crippen molar-refractivity contribution < 1.29 is 4.74 Å². The maximum Gasteiger partial charge on any atom is 0.0619 e. The fourth-order valence-electron chi connectivity index (χ4n) is 1.92. The molecule has 2 rings (SSSR count). The SMILES string of the molecule is C1COCC2CCC(C1)N2. The molecular formula is C8H15NO. The van der Waals surface area contributed by atoms with Crippen molar-refractivity contribution in [2.45, 2.75) is 37.8 Å². The molecule has 2 saturated heterocycles. The van der Waals surface area contributed by atoms with Crippen molar-refractivity contribution in [3.63, 3.8) is 0 Å². The van der Waals surface area contributed by atoms with E-state index in [1.807, 2.05) is 0 Å². The van der Waals surface area contributed by atoms with Crippen molar-refractivity contribution in [1.82, 2.24) is 5.32 Å². The lowest BCUT2D eigenvalue weighted by Crippen LogP contribution is -2.34. The first-order valence-corrected chi connectivity index (χ1v) is 4.29. The van der Waals surface area contributed by atoms with Gasteiger partial charge in [-0.25, -0.2) is 0 Å². The minimum Gasteiger partial charge on any atom is -0.380 e. The highest BCUT2D eigenvalue weighted by Crippen LogP contribution is 2.18. The van der Waals surface area contributed by atoms with Gasteiger partial charge in [0.15, 0.2) is 0 Å². The molecule has 0 spiro atoms. The number of hydrogen-bond donors (Lipinski definition) is 1. The molecule has 2 bridgehead atoms. The van der Waals surface area contributed by atoms with E-state index in [2.05, 4.69) is 5.32 Å². The summed E-state index contributed by atoms with van der Waals surface area (Å²) < 4.78 is 5.44. The summed E-state index contributed by atoms with van der Waals surface area (Å²) in [5, 5.41) is 3.57. The van der Waals surface area contributed by atoms with Gasteiger partial charge < -0.3 is 10.1 Å². The van der Waals surface area contributed by atoms with E-state index in [0.29, 0.717) is 6.04 Å². The first-order valence-electron chi connectivity index (χ1n) is 4.29. The molecule has 0 saturated carbocycles. The van der Waals surface area contributed by atoms with Gasteiger partial charge in [-0.05, 0) is 25.7 Å². The molecule has 2 heteroatoms. The maximum atomic E-state index is 5.44. The van der Waals surface area contributed by atoms with E-state index in [1.54, 1.807) is 0 Å². The maximum absolute atomic E-state index is 5.44. The van der Waals surface area contributed by atoms with Crippen molar-refractivity contribution in [2.75, 3.05) is 13.2 Å². The van der Waals surface area contributed by atoms with Gasteiger partial charge in [0.25, 0.3) is 0 Å². The predicted molar refractivity (Wildman–Crippen MR) is 40.0 cm³/mol. The number of nitrogens with one attached hydrogen (secondary N) is 1. The van der Waals surface area contributed by atoms with Crippen LogP contribution in [-0.2, 0) is 4.74 Å². The van der Waals surface area contributed by atoms with Crippen LogP contribution in [0.3, 0.4) is 0 Å². The van der Waals surface area contributed by atoms with Crippen LogP contribution in [0.1, 0.15) is 25.7 Å². The van der Waals surface area contributed by atoms with Crippen LogP contribution in [0.4, 0.5) is 0 Å². The van der Waals surface area contributed by atoms with Gasteiger partial charge in [-0.1, -0.05) is 0 Å². The molecule has 0 aromatic heterocycles. The van der Waals surface area contributed by atoms with Gasteiger partial charge >= 0.3 is 0 Å². The summed E-state index contributed by atoms with van der Waals surface area (Å²) in [5.74, 6) is 0. The molecule has 0 amide bonds. The van der Waals surface area contributed by atoms with Crippen LogP contribution in [0, 0.1) is 0 Å². The molecule has 2 unspecified atom stereocenters. The Kier molecular flexibility index (Phi) is 1.91. The van der Waals surface area contributed by atoms with Gasteiger partial charge in [-0.2, -0.15) is 0 Å². The molecule has 2 heterocycles. The molecule has 2 nitrogen and oxygen atoms in total. The highest BCUT2D eigenvalue weighted by molar-refractivity contribution is 4.84. The molecule has 58 valence electrons. The molecule has 0 aromatic carbocycles. The molecule has 2 aliphatic heterocycles. The van der Waals surface area contributed by atoms with Crippen molar-refractivity contribution >= 4 is 0 Å². The average molecular weight is 141 g/mol. The monoisotopic (exact) mass is 141 g/mol. The van der Waals surface area contributed by atoms with Crippen molar-refractivity contribution in [3.05, 3.63) is 0 Å². The number of hydrogen-bond acceptors (Lipinski definition) is 2. The van der Waals surface area contributed by atoms with E-state index in [4.69, 9.17) is 4.74 Å². The standard InChI is InChI=1S/C8H15NO/c1-2-7-3-4-8(9-7)6-10-5-1/h7-9H,1-6H2. The summed E-state index contributed by atoms with van der Waals surface area (Å²) in [7, 11) is 0. The highest BCUT2D eigenvalue weighted by atomic mass is 16.5. The summed E-state index contributed by atoms with van der Waals surface area (Å²) in [6, 6.07) is 1.49. The van der Waals surface area contributed by atoms with Gasteiger partial charge in [-0.15, -0.1) is 0 Å². The van der Waals surface area contributed by atoms with Gasteiger partial charge in [0.2, 0.25) is 0 Å². The first kappa shape index (κ1) is 6.62. The fourth-order valence-corrected chi connectivity index (χ4v) is 1.92. The van der Waals surface area contributed by atoms with Crippen LogP contribution in [0.15, 0.2) is 0 Å². The van der Waals surface area contributed by atoms with Crippen LogP contribution in [0.2, 0.25) is 0 Å².